The SMILES string of the molecule is NC(=O)CCCNCc1cccc([N+](=O)[O-])c1Br. The van der Waals surface area contributed by atoms with Crippen molar-refractivity contribution in [3.63, 3.8) is 0 Å². The van der Waals surface area contributed by atoms with E-state index in [1.807, 2.05) is 0 Å². The Balaban J connectivity index is 2.50. The molecule has 1 aromatic rings. The first-order valence-electron chi connectivity index (χ1n) is 5.43. The van der Waals surface area contributed by atoms with Crippen molar-refractivity contribution in [2.45, 2.75) is 19.4 Å². The summed E-state index contributed by atoms with van der Waals surface area (Å²) in [5.74, 6) is -0.326. The van der Waals surface area contributed by atoms with Crippen LogP contribution in [0.5, 0.6) is 0 Å². The van der Waals surface area contributed by atoms with Crippen molar-refractivity contribution < 1.29 is 9.72 Å². The van der Waals surface area contributed by atoms with Crippen molar-refractivity contribution in [1.29, 1.82) is 0 Å². The number of nitro groups is 1. The molecule has 0 spiro atoms. The Labute approximate surface area is 113 Å². The molecule has 0 radical (unpaired) electrons. The average Bonchev–Trinajstić information content (AvgIpc) is 2.30. The van der Waals surface area contributed by atoms with Gasteiger partial charge < -0.3 is 11.1 Å². The van der Waals surface area contributed by atoms with Crippen LogP contribution in [-0.2, 0) is 11.3 Å². The maximum Gasteiger partial charge on any atom is 0.283 e. The van der Waals surface area contributed by atoms with Crippen LogP contribution in [-0.4, -0.2) is 17.4 Å². The van der Waals surface area contributed by atoms with Gasteiger partial charge in [-0.1, -0.05) is 12.1 Å². The Bertz CT molecular complexity index is 451. The smallest absolute Gasteiger partial charge is 0.283 e. The number of nitro benzene ring substituents is 1. The predicted octanol–water partition coefficient (Wildman–Crippen LogP) is 1.71. The summed E-state index contributed by atoms with van der Waals surface area (Å²) in [5, 5.41) is 13.8. The molecule has 0 heterocycles. The lowest BCUT2D eigenvalue weighted by molar-refractivity contribution is -0.385. The van der Waals surface area contributed by atoms with E-state index >= 15 is 0 Å². The van der Waals surface area contributed by atoms with Crippen molar-refractivity contribution in [2.24, 2.45) is 5.73 Å². The van der Waals surface area contributed by atoms with Crippen molar-refractivity contribution in [2.75, 3.05) is 6.54 Å². The van der Waals surface area contributed by atoms with Gasteiger partial charge in [-0.25, -0.2) is 0 Å². The number of nitrogens with one attached hydrogen (secondary N) is 1. The summed E-state index contributed by atoms with van der Waals surface area (Å²) in [7, 11) is 0. The summed E-state index contributed by atoms with van der Waals surface area (Å²) >= 11 is 3.22. The molecule has 0 aliphatic heterocycles. The molecule has 1 rings (SSSR count). The number of nitrogens with zero attached hydrogens (tertiary/aromatic N) is 1. The molecule has 1 amide bonds. The third-order valence-electron chi connectivity index (χ3n) is 2.35. The van der Waals surface area contributed by atoms with Crippen molar-refractivity contribution >= 4 is 27.5 Å². The van der Waals surface area contributed by atoms with Crippen LogP contribution in [0.1, 0.15) is 18.4 Å². The largest absolute Gasteiger partial charge is 0.370 e. The number of hydrogen-bond acceptors (Lipinski definition) is 4. The summed E-state index contributed by atoms with van der Waals surface area (Å²) in [4.78, 5) is 20.8. The molecular formula is C11H14BrN3O3. The van der Waals surface area contributed by atoms with E-state index in [9.17, 15) is 14.9 Å². The normalized spacial score (nSPS) is 10.3. The van der Waals surface area contributed by atoms with Gasteiger partial charge in [0, 0.05) is 19.0 Å². The number of halogens is 1. The molecule has 0 fully saturated rings. The highest BCUT2D eigenvalue weighted by atomic mass is 79.9. The number of nitrogens with two attached hydrogens (primary N) is 1. The third-order valence-corrected chi connectivity index (χ3v) is 3.26. The molecule has 18 heavy (non-hydrogen) atoms. The van der Waals surface area contributed by atoms with Gasteiger partial charge in [0.25, 0.3) is 5.69 Å². The van der Waals surface area contributed by atoms with E-state index in [4.69, 9.17) is 5.73 Å². The highest BCUT2D eigenvalue weighted by Gasteiger charge is 2.14. The molecule has 0 aromatic heterocycles. The quantitative estimate of drug-likeness (QED) is 0.454. The number of amides is 1. The number of carbonyl (C=O) groups is 1. The molecule has 0 aliphatic carbocycles. The summed E-state index contributed by atoms with van der Waals surface area (Å²) in [5.41, 5.74) is 5.87. The van der Waals surface area contributed by atoms with Crippen LogP contribution in [0.3, 0.4) is 0 Å². The summed E-state index contributed by atoms with van der Waals surface area (Å²) in [6.45, 7) is 1.14. The van der Waals surface area contributed by atoms with E-state index in [-0.39, 0.29) is 11.6 Å². The fourth-order valence-corrected chi connectivity index (χ4v) is 2.00. The Hall–Kier alpha value is -1.47. The fourth-order valence-electron chi connectivity index (χ4n) is 1.45. The molecule has 0 saturated heterocycles. The second-order valence-electron chi connectivity index (χ2n) is 3.75. The van der Waals surface area contributed by atoms with Crippen molar-refractivity contribution in [1.82, 2.24) is 5.32 Å². The van der Waals surface area contributed by atoms with Crippen LogP contribution < -0.4 is 11.1 Å². The minimum atomic E-state index is -0.430. The molecule has 6 nitrogen and oxygen atoms in total. The van der Waals surface area contributed by atoms with Gasteiger partial charge in [-0.15, -0.1) is 0 Å². The Kier molecular flexibility index (Phi) is 5.73. The van der Waals surface area contributed by atoms with E-state index in [0.29, 0.717) is 30.4 Å². The summed E-state index contributed by atoms with van der Waals surface area (Å²) < 4.78 is 0.484. The maximum absolute atomic E-state index is 10.7. The van der Waals surface area contributed by atoms with Crippen LogP contribution >= 0.6 is 15.9 Å². The maximum atomic E-state index is 10.7. The summed E-state index contributed by atoms with van der Waals surface area (Å²) in [6.07, 6.45) is 0.991. The van der Waals surface area contributed by atoms with Gasteiger partial charge in [0.05, 0.1) is 9.40 Å². The monoisotopic (exact) mass is 315 g/mol. The predicted molar refractivity (Wildman–Crippen MR) is 70.9 cm³/mol. The molecule has 0 saturated carbocycles. The first kappa shape index (κ1) is 14.6. The molecule has 0 aliphatic rings. The average molecular weight is 316 g/mol. The number of benzene rings is 1. The standard InChI is InChI=1S/C11H14BrN3O3/c12-11-8(3-1-4-9(11)15(17)18)7-14-6-2-5-10(13)16/h1,3-4,14H,2,5-7H2,(H2,13,16). The van der Waals surface area contributed by atoms with Gasteiger partial charge in [-0.05, 0) is 34.5 Å². The van der Waals surface area contributed by atoms with E-state index in [0.717, 1.165) is 5.56 Å². The van der Waals surface area contributed by atoms with Gasteiger partial charge >= 0.3 is 0 Å². The van der Waals surface area contributed by atoms with E-state index in [1.54, 1.807) is 12.1 Å². The molecule has 0 unspecified atom stereocenters. The van der Waals surface area contributed by atoms with Crippen LogP contribution in [0.25, 0.3) is 0 Å². The highest BCUT2D eigenvalue weighted by molar-refractivity contribution is 9.10. The number of rotatable bonds is 7. The second kappa shape index (κ2) is 7.07. The van der Waals surface area contributed by atoms with Crippen LogP contribution in [0.4, 0.5) is 5.69 Å². The number of hydrogen-bond donors (Lipinski definition) is 2. The highest BCUT2D eigenvalue weighted by Crippen LogP contribution is 2.27. The number of carbonyl (C=O) groups excluding carboxylic acids is 1. The zero-order valence-corrected chi connectivity index (χ0v) is 11.3. The van der Waals surface area contributed by atoms with Crippen LogP contribution in [0.2, 0.25) is 0 Å². The van der Waals surface area contributed by atoms with Gasteiger partial charge in [-0.2, -0.15) is 0 Å². The Morgan fingerprint density at radius 3 is 2.83 bits per heavy atom. The molecular weight excluding hydrogens is 302 g/mol. The van der Waals surface area contributed by atoms with Gasteiger partial charge in [0.15, 0.2) is 0 Å². The molecule has 98 valence electrons. The molecule has 7 heteroatoms. The lowest BCUT2D eigenvalue weighted by atomic mass is 10.2. The van der Waals surface area contributed by atoms with Gasteiger partial charge in [0.1, 0.15) is 0 Å². The van der Waals surface area contributed by atoms with E-state index in [1.165, 1.54) is 6.07 Å². The molecule has 3 N–H and O–H groups in total. The van der Waals surface area contributed by atoms with Crippen LogP contribution in [0, 0.1) is 10.1 Å². The first-order chi connectivity index (χ1) is 8.52. The lowest BCUT2D eigenvalue weighted by Crippen LogP contribution is -2.18. The third kappa shape index (κ3) is 4.42. The second-order valence-corrected chi connectivity index (χ2v) is 4.55. The van der Waals surface area contributed by atoms with Gasteiger partial charge in [-0.3, -0.25) is 14.9 Å². The zero-order chi connectivity index (χ0) is 13.5. The lowest BCUT2D eigenvalue weighted by Gasteiger charge is -2.06. The minimum Gasteiger partial charge on any atom is -0.370 e. The molecule has 0 atom stereocenters. The minimum absolute atomic E-state index is 0.0476. The molecule has 0 bridgehead atoms. The van der Waals surface area contributed by atoms with E-state index < -0.39 is 4.92 Å². The van der Waals surface area contributed by atoms with E-state index in [2.05, 4.69) is 21.2 Å². The Morgan fingerprint density at radius 1 is 1.50 bits per heavy atom. The summed E-state index contributed by atoms with van der Waals surface area (Å²) in [6, 6.07) is 4.89. The van der Waals surface area contributed by atoms with Crippen molar-refractivity contribution in [3.8, 4) is 0 Å². The number of primary amides is 1. The fraction of sp³-hybridized carbons (Fsp3) is 0.364. The first-order valence-corrected chi connectivity index (χ1v) is 6.22. The van der Waals surface area contributed by atoms with Crippen molar-refractivity contribution in [3.05, 3.63) is 38.3 Å². The van der Waals surface area contributed by atoms with Gasteiger partial charge in [0.2, 0.25) is 5.91 Å². The molecule has 1 aromatic carbocycles. The van der Waals surface area contributed by atoms with Crippen LogP contribution in [0.15, 0.2) is 22.7 Å². The Morgan fingerprint density at radius 2 is 2.22 bits per heavy atom. The topological polar surface area (TPSA) is 98.3 Å². The zero-order valence-electron chi connectivity index (χ0n) is 9.69.